The molecule has 24 heavy (non-hydrogen) atoms. The number of anilines is 2. The summed E-state index contributed by atoms with van der Waals surface area (Å²) in [5, 5.41) is 0. The number of benzene rings is 1. The molecule has 1 amide bonds. The Hall–Kier alpha value is -2.36. The normalized spacial score (nSPS) is 15.3. The summed E-state index contributed by atoms with van der Waals surface area (Å²) in [6.45, 7) is 7.00. The smallest absolute Gasteiger partial charge is 0.259 e. The zero-order chi connectivity index (χ0) is 16.9. The van der Waals surface area contributed by atoms with Gasteiger partial charge in [0.25, 0.3) is 5.91 Å². The third-order valence-corrected chi connectivity index (χ3v) is 4.75. The van der Waals surface area contributed by atoms with E-state index in [1.807, 2.05) is 49.5 Å². The van der Waals surface area contributed by atoms with Gasteiger partial charge in [0.2, 0.25) is 0 Å². The van der Waals surface area contributed by atoms with E-state index < -0.39 is 0 Å². The van der Waals surface area contributed by atoms with Crippen LogP contribution in [0.5, 0.6) is 0 Å². The first-order valence-corrected chi connectivity index (χ1v) is 8.76. The molecular weight excluding hydrogens is 298 g/mol. The van der Waals surface area contributed by atoms with Gasteiger partial charge in [0, 0.05) is 31.5 Å². The van der Waals surface area contributed by atoms with Gasteiger partial charge in [0.1, 0.15) is 0 Å². The Kier molecular flexibility index (Phi) is 5.14. The van der Waals surface area contributed by atoms with Crippen LogP contribution in [0.2, 0.25) is 0 Å². The van der Waals surface area contributed by atoms with Crippen molar-refractivity contribution < 1.29 is 4.79 Å². The van der Waals surface area contributed by atoms with Crippen molar-refractivity contribution in [3.05, 3.63) is 54.4 Å². The molecule has 1 saturated heterocycles. The monoisotopic (exact) mass is 323 g/mol. The van der Waals surface area contributed by atoms with Crippen molar-refractivity contribution in [2.24, 2.45) is 5.92 Å². The van der Waals surface area contributed by atoms with Crippen LogP contribution in [-0.2, 0) is 0 Å². The van der Waals surface area contributed by atoms with Crippen molar-refractivity contribution in [1.29, 1.82) is 0 Å². The SMILES string of the molecule is CCN(C(=O)c1cncc(N2CCC(C)CC2)c1)c1ccccc1. The number of carbonyl (C=O) groups excluding carboxylic acids is 1. The lowest BCUT2D eigenvalue weighted by Gasteiger charge is -2.32. The van der Waals surface area contributed by atoms with Crippen LogP contribution < -0.4 is 9.80 Å². The summed E-state index contributed by atoms with van der Waals surface area (Å²) in [6.07, 6.45) is 5.93. The largest absolute Gasteiger partial charge is 0.370 e. The van der Waals surface area contributed by atoms with Crippen LogP contribution in [0, 0.1) is 5.92 Å². The van der Waals surface area contributed by atoms with Crippen molar-refractivity contribution in [3.8, 4) is 0 Å². The molecule has 4 heteroatoms. The predicted octanol–water partition coefficient (Wildman–Crippen LogP) is 3.98. The molecule has 1 aromatic heterocycles. The second kappa shape index (κ2) is 7.47. The molecule has 126 valence electrons. The summed E-state index contributed by atoms with van der Waals surface area (Å²) in [5.74, 6) is 0.788. The number of carbonyl (C=O) groups is 1. The highest BCUT2D eigenvalue weighted by molar-refractivity contribution is 6.06. The summed E-state index contributed by atoms with van der Waals surface area (Å²) in [7, 11) is 0. The fraction of sp³-hybridized carbons (Fsp3) is 0.400. The third kappa shape index (κ3) is 3.58. The van der Waals surface area contributed by atoms with Crippen LogP contribution in [0.15, 0.2) is 48.8 Å². The molecule has 0 bridgehead atoms. The summed E-state index contributed by atoms with van der Waals surface area (Å²) in [5.41, 5.74) is 2.62. The molecule has 2 aromatic rings. The van der Waals surface area contributed by atoms with E-state index in [1.54, 1.807) is 11.1 Å². The lowest BCUT2D eigenvalue weighted by molar-refractivity contribution is 0.0988. The molecule has 1 aromatic carbocycles. The lowest BCUT2D eigenvalue weighted by atomic mass is 9.99. The number of aromatic nitrogens is 1. The molecule has 0 atom stereocenters. The number of nitrogens with zero attached hydrogens (tertiary/aromatic N) is 3. The maximum absolute atomic E-state index is 12.9. The Labute approximate surface area is 144 Å². The second-order valence-corrected chi connectivity index (χ2v) is 6.49. The van der Waals surface area contributed by atoms with Crippen LogP contribution in [0.3, 0.4) is 0 Å². The topological polar surface area (TPSA) is 36.4 Å². The van der Waals surface area contributed by atoms with Crippen molar-refractivity contribution in [1.82, 2.24) is 4.98 Å². The van der Waals surface area contributed by atoms with E-state index in [-0.39, 0.29) is 5.91 Å². The van der Waals surface area contributed by atoms with E-state index in [0.29, 0.717) is 12.1 Å². The van der Waals surface area contributed by atoms with Gasteiger partial charge in [0.05, 0.1) is 17.4 Å². The Morgan fingerprint density at radius 1 is 1.21 bits per heavy atom. The minimum absolute atomic E-state index is 0.00317. The van der Waals surface area contributed by atoms with E-state index in [1.165, 1.54) is 12.8 Å². The molecule has 1 aliphatic heterocycles. The average molecular weight is 323 g/mol. The standard InChI is InChI=1S/C20H25N3O/c1-3-23(18-7-5-4-6-8-18)20(24)17-13-19(15-21-14-17)22-11-9-16(2)10-12-22/h4-8,13-16H,3,9-12H2,1-2H3. The maximum atomic E-state index is 12.9. The minimum Gasteiger partial charge on any atom is -0.370 e. The number of hydrogen-bond acceptors (Lipinski definition) is 3. The van der Waals surface area contributed by atoms with Gasteiger partial charge in [-0.15, -0.1) is 0 Å². The van der Waals surface area contributed by atoms with Gasteiger partial charge in [-0.3, -0.25) is 9.78 Å². The van der Waals surface area contributed by atoms with Crippen LogP contribution >= 0.6 is 0 Å². The van der Waals surface area contributed by atoms with Gasteiger partial charge in [0.15, 0.2) is 0 Å². The fourth-order valence-electron chi connectivity index (χ4n) is 3.19. The van der Waals surface area contributed by atoms with Gasteiger partial charge in [-0.05, 0) is 43.9 Å². The highest BCUT2D eigenvalue weighted by Crippen LogP contribution is 2.24. The molecule has 0 radical (unpaired) electrons. The molecule has 0 N–H and O–H groups in total. The highest BCUT2D eigenvalue weighted by Gasteiger charge is 2.20. The van der Waals surface area contributed by atoms with E-state index in [2.05, 4.69) is 16.8 Å². The summed E-state index contributed by atoms with van der Waals surface area (Å²) in [4.78, 5) is 21.4. The van der Waals surface area contributed by atoms with Crippen LogP contribution in [0.4, 0.5) is 11.4 Å². The summed E-state index contributed by atoms with van der Waals surface area (Å²) < 4.78 is 0. The molecular formula is C20H25N3O. The molecule has 0 spiro atoms. The quantitative estimate of drug-likeness (QED) is 0.854. The first-order valence-electron chi connectivity index (χ1n) is 8.76. The van der Waals surface area contributed by atoms with Crippen molar-refractivity contribution in [2.75, 3.05) is 29.4 Å². The minimum atomic E-state index is 0.00317. The van der Waals surface area contributed by atoms with Crippen molar-refractivity contribution >= 4 is 17.3 Å². The average Bonchev–Trinajstić information content (AvgIpc) is 2.64. The van der Waals surface area contributed by atoms with E-state index in [0.717, 1.165) is 30.4 Å². The van der Waals surface area contributed by atoms with Gasteiger partial charge in [-0.25, -0.2) is 0 Å². The number of piperidine rings is 1. The van der Waals surface area contributed by atoms with Crippen LogP contribution in [0.1, 0.15) is 37.0 Å². The molecule has 4 nitrogen and oxygen atoms in total. The summed E-state index contributed by atoms with van der Waals surface area (Å²) in [6, 6.07) is 11.8. The Morgan fingerprint density at radius 3 is 2.58 bits per heavy atom. The van der Waals surface area contributed by atoms with Gasteiger partial charge >= 0.3 is 0 Å². The zero-order valence-electron chi connectivity index (χ0n) is 14.5. The number of pyridine rings is 1. The second-order valence-electron chi connectivity index (χ2n) is 6.49. The summed E-state index contributed by atoms with van der Waals surface area (Å²) >= 11 is 0. The van der Waals surface area contributed by atoms with Crippen molar-refractivity contribution in [3.63, 3.8) is 0 Å². The number of rotatable bonds is 4. The third-order valence-electron chi connectivity index (χ3n) is 4.75. The first-order chi connectivity index (χ1) is 11.7. The first kappa shape index (κ1) is 16.5. The predicted molar refractivity (Wildman–Crippen MR) is 98.6 cm³/mol. The van der Waals surface area contributed by atoms with E-state index in [9.17, 15) is 4.79 Å². The number of amides is 1. The van der Waals surface area contributed by atoms with Gasteiger partial charge < -0.3 is 9.80 Å². The molecule has 1 fully saturated rings. The van der Waals surface area contributed by atoms with Crippen molar-refractivity contribution in [2.45, 2.75) is 26.7 Å². The molecule has 1 aliphatic rings. The highest BCUT2D eigenvalue weighted by atomic mass is 16.2. The zero-order valence-corrected chi connectivity index (χ0v) is 14.5. The molecule has 3 rings (SSSR count). The lowest BCUT2D eigenvalue weighted by Crippen LogP contribution is -2.34. The Morgan fingerprint density at radius 2 is 1.92 bits per heavy atom. The fourth-order valence-corrected chi connectivity index (χ4v) is 3.19. The van der Waals surface area contributed by atoms with Crippen LogP contribution in [0.25, 0.3) is 0 Å². The number of para-hydroxylation sites is 1. The van der Waals surface area contributed by atoms with Crippen LogP contribution in [-0.4, -0.2) is 30.5 Å². The van der Waals surface area contributed by atoms with E-state index >= 15 is 0 Å². The van der Waals surface area contributed by atoms with E-state index in [4.69, 9.17) is 0 Å². The molecule has 0 unspecified atom stereocenters. The molecule has 2 heterocycles. The Bertz CT molecular complexity index is 678. The van der Waals surface area contributed by atoms with Gasteiger partial charge in [-0.2, -0.15) is 0 Å². The molecule has 0 aliphatic carbocycles. The molecule has 0 saturated carbocycles. The van der Waals surface area contributed by atoms with Gasteiger partial charge in [-0.1, -0.05) is 25.1 Å². The number of hydrogen-bond donors (Lipinski definition) is 0. The maximum Gasteiger partial charge on any atom is 0.259 e. The Balaban J connectivity index is 1.81.